The fourth-order valence-corrected chi connectivity index (χ4v) is 1.60. The summed E-state index contributed by atoms with van der Waals surface area (Å²) in [7, 11) is 0. The van der Waals surface area contributed by atoms with Crippen LogP contribution in [0.2, 0.25) is 0 Å². The Hall–Kier alpha value is -1.96. The van der Waals surface area contributed by atoms with E-state index in [2.05, 4.69) is 22.6 Å². The number of carboxylic acids is 1. The molecule has 0 saturated heterocycles. The third-order valence-electron chi connectivity index (χ3n) is 2.51. The molecule has 0 radical (unpaired) electrons. The Morgan fingerprint density at radius 2 is 2.31 bits per heavy atom. The average Bonchev–Trinajstić information content (AvgIpc) is 2.19. The lowest BCUT2D eigenvalue weighted by atomic mass is 9.68. The van der Waals surface area contributed by atoms with Crippen molar-refractivity contribution in [2.24, 2.45) is 5.92 Å². The zero-order chi connectivity index (χ0) is 12.2. The summed E-state index contributed by atoms with van der Waals surface area (Å²) in [4.78, 5) is 22.2. The van der Waals surface area contributed by atoms with Crippen LogP contribution < -0.4 is 5.32 Å². The highest BCUT2D eigenvalue weighted by atomic mass is 16.5. The third kappa shape index (κ3) is 2.34. The van der Waals surface area contributed by atoms with Gasteiger partial charge in [0.05, 0.1) is 0 Å². The number of alkyl carbamates (subject to hydrolysis) is 1. The van der Waals surface area contributed by atoms with Gasteiger partial charge in [0, 0.05) is 5.92 Å². The Labute approximate surface area is 93.5 Å². The van der Waals surface area contributed by atoms with Crippen LogP contribution in [-0.2, 0) is 9.53 Å². The van der Waals surface area contributed by atoms with Crippen LogP contribution in [0, 0.1) is 18.3 Å². The highest BCUT2D eigenvalue weighted by molar-refractivity contribution is 5.85. The molecule has 86 valence electrons. The zero-order valence-corrected chi connectivity index (χ0v) is 8.73. The Balaban J connectivity index is 2.55. The van der Waals surface area contributed by atoms with Gasteiger partial charge in [-0.3, -0.25) is 0 Å². The van der Waals surface area contributed by atoms with Gasteiger partial charge in [0.15, 0.2) is 0 Å². The van der Waals surface area contributed by atoms with E-state index in [-0.39, 0.29) is 25.4 Å². The van der Waals surface area contributed by atoms with Crippen molar-refractivity contribution in [1.82, 2.24) is 5.32 Å². The molecular weight excluding hydrogens is 210 g/mol. The number of hydrogen-bond acceptors (Lipinski definition) is 3. The van der Waals surface area contributed by atoms with E-state index in [0.29, 0.717) is 0 Å². The first-order valence-corrected chi connectivity index (χ1v) is 4.79. The fraction of sp³-hybridized carbons (Fsp3) is 0.455. The first-order valence-electron chi connectivity index (χ1n) is 4.79. The molecule has 1 aliphatic rings. The molecule has 0 aromatic carbocycles. The molecule has 5 nitrogen and oxygen atoms in total. The first-order chi connectivity index (χ1) is 7.54. The van der Waals surface area contributed by atoms with Crippen molar-refractivity contribution < 1.29 is 19.4 Å². The molecule has 1 fully saturated rings. The van der Waals surface area contributed by atoms with E-state index in [0.717, 1.165) is 0 Å². The molecule has 1 aliphatic carbocycles. The standard InChI is InChI=1S/C11H13NO4/c1-3-5-16-10(15)12-11(9(13)14)6-8(4-2)7-11/h2-3,8H,1,5-7H2,(H,12,15)(H,13,14). The SMILES string of the molecule is C#CC1CC(NC(=O)OCC=C)(C(=O)O)C1. The molecule has 0 atom stereocenters. The van der Waals surface area contributed by atoms with Gasteiger partial charge in [0.2, 0.25) is 0 Å². The molecule has 0 unspecified atom stereocenters. The molecule has 0 aromatic rings. The van der Waals surface area contributed by atoms with Crippen molar-refractivity contribution in [3.05, 3.63) is 12.7 Å². The second kappa shape index (κ2) is 4.71. The molecule has 16 heavy (non-hydrogen) atoms. The summed E-state index contributed by atoms with van der Waals surface area (Å²) in [5, 5.41) is 11.3. The van der Waals surface area contributed by atoms with Gasteiger partial charge in [0.1, 0.15) is 12.1 Å². The minimum absolute atomic E-state index is 0.0418. The molecule has 0 aromatic heterocycles. The van der Waals surface area contributed by atoms with E-state index in [1.54, 1.807) is 0 Å². The molecule has 0 heterocycles. The molecule has 2 N–H and O–H groups in total. The van der Waals surface area contributed by atoms with Crippen molar-refractivity contribution in [2.75, 3.05) is 6.61 Å². The lowest BCUT2D eigenvalue weighted by molar-refractivity contribution is -0.149. The topological polar surface area (TPSA) is 75.6 Å². The van der Waals surface area contributed by atoms with Gasteiger partial charge in [-0.25, -0.2) is 9.59 Å². The van der Waals surface area contributed by atoms with Gasteiger partial charge in [-0.15, -0.1) is 12.3 Å². The van der Waals surface area contributed by atoms with Crippen LogP contribution in [-0.4, -0.2) is 29.3 Å². The summed E-state index contributed by atoms with van der Waals surface area (Å²) < 4.78 is 4.66. The second-order valence-corrected chi connectivity index (χ2v) is 3.67. The van der Waals surface area contributed by atoms with Gasteiger partial charge < -0.3 is 15.2 Å². The molecule has 0 aliphatic heterocycles. The van der Waals surface area contributed by atoms with Gasteiger partial charge in [-0.05, 0) is 12.8 Å². The number of hydrogen-bond donors (Lipinski definition) is 2. The summed E-state index contributed by atoms with van der Waals surface area (Å²) in [5.41, 5.74) is -1.27. The van der Waals surface area contributed by atoms with Crippen LogP contribution >= 0.6 is 0 Å². The fourth-order valence-electron chi connectivity index (χ4n) is 1.60. The number of carboxylic acid groups (broad SMARTS) is 1. The molecule has 1 rings (SSSR count). The first kappa shape index (κ1) is 12.1. The number of aliphatic carboxylic acids is 1. The highest BCUT2D eigenvalue weighted by Crippen LogP contribution is 2.37. The number of terminal acetylenes is 1. The minimum Gasteiger partial charge on any atom is -0.480 e. The number of carbonyl (C=O) groups excluding carboxylic acids is 1. The quantitative estimate of drug-likeness (QED) is 0.545. The molecule has 1 saturated carbocycles. The molecule has 0 spiro atoms. The summed E-state index contributed by atoms with van der Waals surface area (Å²) >= 11 is 0. The summed E-state index contributed by atoms with van der Waals surface area (Å²) in [6.45, 7) is 3.42. The summed E-state index contributed by atoms with van der Waals surface area (Å²) in [6, 6.07) is 0. The Morgan fingerprint density at radius 1 is 1.69 bits per heavy atom. The third-order valence-corrected chi connectivity index (χ3v) is 2.51. The summed E-state index contributed by atoms with van der Waals surface area (Å²) in [6.07, 6.45) is 6.28. The van der Waals surface area contributed by atoms with Gasteiger partial charge in [-0.2, -0.15) is 0 Å². The Kier molecular flexibility index (Phi) is 3.56. The number of amides is 1. The van der Waals surface area contributed by atoms with Crippen LogP contribution in [0.5, 0.6) is 0 Å². The summed E-state index contributed by atoms with van der Waals surface area (Å²) in [5.74, 6) is 1.27. The van der Waals surface area contributed by atoms with Crippen LogP contribution in [0.15, 0.2) is 12.7 Å². The van der Waals surface area contributed by atoms with E-state index in [1.807, 2.05) is 0 Å². The molecule has 5 heteroatoms. The van der Waals surface area contributed by atoms with Crippen molar-refractivity contribution in [3.63, 3.8) is 0 Å². The van der Waals surface area contributed by atoms with Gasteiger partial charge >= 0.3 is 12.1 Å². The lowest BCUT2D eigenvalue weighted by Crippen LogP contribution is -2.62. The second-order valence-electron chi connectivity index (χ2n) is 3.67. The normalized spacial score (nSPS) is 27.1. The number of carbonyl (C=O) groups is 2. The monoisotopic (exact) mass is 223 g/mol. The van der Waals surface area contributed by atoms with E-state index in [4.69, 9.17) is 11.5 Å². The molecular formula is C11H13NO4. The minimum atomic E-state index is -1.27. The Morgan fingerprint density at radius 3 is 2.75 bits per heavy atom. The number of nitrogens with one attached hydrogen (secondary N) is 1. The van der Waals surface area contributed by atoms with E-state index in [1.165, 1.54) is 6.08 Å². The van der Waals surface area contributed by atoms with Crippen molar-refractivity contribution in [3.8, 4) is 12.3 Å². The predicted octanol–water partition coefficient (Wildman–Crippen LogP) is 0.765. The van der Waals surface area contributed by atoms with E-state index >= 15 is 0 Å². The average molecular weight is 223 g/mol. The van der Waals surface area contributed by atoms with Gasteiger partial charge in [0.25, 0.3) is 0 Å². The smallest absolute Gasteiger partial charge is 0.408 e. The maximum Gasteiger partial charge on any atom is 0.408 e. The lowest BCUT2D eigenvalue weighted by Gasteiger charge is -2.41. The zero-order valence-electron chi connectivity index (χ0n) is 8.73. The number of rotatable bonds is 4. The van der Waals surface area contributed by atoms with E-state index < -0.39 is 17.6 Å². The van der Waals surface area contributed by atoms with Crippen molar-refractivity contribution in [1.29, 1.82) is 0 Å². The highest BCUT2D eigenvalue weighted by Gasteiger charge is 2.51. The van der Waals surface area contributed by atoms with Crippen LogP contribution in [0.4, 0.5) is 4.79 Å². The van der Waals surface area contributed by atoms with Gasteiger partial charge in [-0.1, -0.05) is 12.7 Å². The maximum absolute atomic E-state index is 11.2. The molecule has 0 bridgehead atoms. The molecule has 1 amide bonds. The van der Waals surface area contributed by atoms with Crippen LogP contribution in [0.1, 0.15) is 12.8 Å². The number of ether oxygens (including phenoxy) is 1. The van der Waals surface area contributed by atoms with Crippen molar-refractivity contribution >= 4 is 12.1 Å². The largest absolute Gasteiger partial charge is 0.480 e. The van der Waals surface area contributed by atoms with E-state index in [9.17, 15) is 9.59 Å². The maximum atomic E-state index is 11.2. The van der Waals surface area contributed by atoms with Crippen LogP contribution in [0.25, 0.3) is 0 Å². The van der Waals surface area contributed by atoms with Crippen LogP contribution in [0.3, 0.4) is 0 Å². The Bertz CT molecular complexity index is 349. The van der Waals surface area contributed by atoms with Crippen molar-refractivity contribution in [2.45, 2.75) is 18.4 Å². The predicted molar refractivity (Wildman–Crippen MR) is 56.6 cm³/mol.